The minimum Gasteiger partial charge on any atom is -0.439 e. The van der Waals surface area contributed by atoms with Crippen molar-refractivity contribution in [3.8, 4) is 11.6 Å². The first-order valence-electron chi connectivity index (χ1n) is 10.7. The van der Waals surface area contributed by atoms with Crippen LogP contribution in [0.1, 0.15) is 35.3 Å². The van der Waals surface area contributed by atoms with Crippen LogP contribution in [0.15, 0.2) is 60.9 Å². The van der Waals surface area contributed by atoms with E-state index in [1.807, 2.05) is 66.4 Å². The zero-order valence-corrected chi connectivity index (χ0v) is 18.3. The van der Waals surface area contributed by atoms with E-state index in [9.17, 15) is 4.79 Å². The first-order valence-corrected chi connectivity index (χ1v) is 10.7. The van der Waals surface area contributed by atoms with Crippen LogP contribution in [0.25, 0.3) is 0 Å². The molecule has 3 aromatic rings. The van der Waals surface area contributed by atoms with E-state index in [-0.39, 0.29) is 11.9 Å². The van der Waals surface area contributed by atoms with E-state index in [1.54, 1.807) is 0 Å². The zero-order chi connectivity index (χ0) is 21.8. The Morgan fingerprint density at radius 3 is 2.61 bits per heavy atom. The first kappa shape index (κ1) is 20.8. The number of hydrogen-bond acceptors (Lipinski definition) is 5. The molecule has 0 saturated carbocycles. The van der Waals surface area contributed by atoms with E-state index in [4.69, 9.17) is 4.74 Å². The molecule has 1 atom stereocenters. The normalized spacial score (nSPS) is 16.3. The molecule has 0 spiro atoms. The summed E-state index contributed by atoms with van der Waals surface area (Å²) in [5.74, 6) is 2.16. The van der Waals surface area contributed by atoms with Crippen LogP contribution in [-0.2, 0) is 6.42 Å². The Kier molecular flexibility index (Phi) is 6.16. The van der Waals surface area contributed by atoms with Crippen molar-refractivity contribution in [1.29, 1.82) is 0 Å². The third-order valence-electron chi connectivity index (χ3n) is 5.66. The molecule has 1 aliphatic rings. The highest BCUT2D eigenvalue weighted by Crippen LogP contribution is 2.25. The molecule has 0 N–H and O–H groups in total. The predicted octanol–water partition coefficient (Wildman–Crippen LogP) is 4.49. The summed E-state index contributed by atoms with van der Waals surface area (Å²) >= 11 is 0. The van der Waals surface area contributed by atoms with E-state index in [2.05, 4.69) is 28.7 Å². The highest BCUT2D eigenvalue weighted by atomic mass is 16.5. The lowest BCUT2D eigenvalue weighted by Crippen LogP contribution is -2.54. The lowest BCUT2D eigenvalue weighted by Gasteiger charge is -2.40. The Bertz CT molecular complexity index is 1050. The molecule has 4 rings (SSSR count). The number of aryl methyl sites for hydroxylation is 2. The van der Waals surface area contributed by atoms with Gasteiger partial charge < -0.3 is 14.5 Å². The zero-order valence-electron chi connectivity index (χ0n) is 18.3. The van der Waals surface area contributed by atoms with Gasteiger partial charge in [-0.1, -0.05) is 31.2 Å². The van der Waals surface area contributed by atoms with Crippen molar-refractivity contribution in [3.05, 3.63) is 77.6 Å². The van der Waals surface area contributed by atoms with Gasteiger partial charge in [-0.25, -0.2) is 9.97 Å². The van der Waals surface area contributed by atoms with Crippen molar-refractivity contribution >= 4 is 11.7 Å². The monoisotopic (exact) mass is 416 g/mol. The number of rotatable bonds is 5. The van der Waals surface area contributed by atoms with Crippen molar-refractivity contribution < 1.29 is 9.53 Å². The number of anilines is 1. The molecule has 0 bridgehead atoms. The molecule has 31 heavy (non-hydrogen) atoms. The molecule has 2 aromatic carbocycles. The summed E-state index contributed by atoms with van der Waals surface area (Å²) in [5.41, 5.74) is 3.11. The number of hydrogen-bond donors (Lipinski definition) is 0. The van der Waals surface area contributed by atoms with Gasteiger partial charge in [-0.2, -0.15) is 0 Å². The van der Waals surface area contributed by atoms with Gasteiger partial charge in [0, 0.05) is 37.3 Å². The lowest BCUT2D eigenvalue weighted by molar-refractivity contribution is 0.0673. The maximum atomic E-state index is 13.0. The van der Waals surface area contributed by atoms with Crippen molar-refractivity contribution in [2.45, 2.75) is 33.2 Å². The molecular formula is C25H28N4O2. The van der Waals surface area contributed by atoms with Crippen LogP contribution < -0.4 is 9.64 Å². The van der Waals surface area contributed by atoms with Gasteiger partial charge >= 0.3 is 0 Å². The quantitative estimate of drug-likeness (QED) is 0.613. The second-order valence-corrected chi connectivity index (χ2v) is 7.98. The van der Waals surface area contributed by atoms with Crippen LogP contribution in [0.4, 0.5) is 5.82 Å². The fourth-order valence-corrected chi connectivity index (χ4v) is 3.87. The fraction of sp³-hybridized carbons (Fsp3) is 0.320. The summed E-state index contributed by atoms with van der Waals surface area (Å²) in [4.78, 5) is 25.8. The molecule has 0 unspecified atom stereocenters. The van der Waals surface area contributed by atoms with Gasteiger partial charge in [-0.3, -0.25) is 4.79 Å². The van der Waals surface area contributed by atoms with Gasteiger partial charge in [0.1, 0.15) is 17.9 Å². The average molecular weight is 417 g/mol. The molecular weight excluding hydrogens is 388 g/mol. The SMILES string of the molecule is CCc1ccc(C(=O)N2CCN(c3cc(Oc4cccc(C)c4)ncn3)C[C@@H]2C)cc1. The van der Waals surface area contributed by atoms with Crippen LogP contribution in [0.5, 0.6) is 11.6 Å². The molecule has 0 aliphatic carbocycles. The van der Waals surface area contributed by atoms with Gasteiger partial charge in [0.15, 0.2) is 0 Å². The summed E-state index contributed by atoms with van der Waals surface area (Å²) in [6, 6.07) is 17.7. The number of carbonyl (C=O) groups is 1. The summed E-state index contributed by atoms with van der Waals surface area (Å²) < 4.78 is 5.91. The van der Waals surface area contributed by atoms with Gasteiger partial charge in [0.05, 0.1) is 0 Å². The van der Waals surface area contributed by atoms with Gasteiger partial charge in [-0.15, -0.1) is 0 Å². The topological polar surface area (TPSA) is 58.6 Å². The van der Waals surface area contributed by atoms with Crippen molar-refractivity contribution in [2.75, 3.05) is 24.5 Å². The molecule has 1 fully saturated rings. The lowest BCUT2D eigenvalue weighted by atomic mass is 10.1. The number of amides is 1. The molecule has 1 saturated heterocycles. The van der Waals surface area contributed by atoms with Crippen molar-refractivity contribution in [2.24, 2.45) is 0 Å². The minimum absolute atomic E-state index is 0.0724. The van der Waals surface area contributed by atoms with Crippen LogP contribution in [0, 0.1) is 6.92 Å². The Labute approximate surface area is 183 Å². The molecule has 2 heterocycles. The maximum Gasteiger partial charge on any atom is 0.254 e. The fourth-order valence-electron chi connectivity index (χ4n) is 3.87. The molecule has 1 aliphatic heterocycles. The summed E-state index contributed by atoms with van der Waals surface area (Å²) in [5, 5.41) is 0. The Balaban J connectivity index is 1.43. The molecule has 1 amide bonds. The number of carbonyl (C=O) groups excluding carboxylic acids is 1. The van der Waals surface area contributed by atoms with Gasteiger partial charge in [0.25, 0.3) is 5.91 Å². The standard InChI is InChI=1S/C25H28N4O2/c1-4-20-8-10-21(11-9-20)25(30)29-13-12-28(16-19(29)3)23-15-24(27-17-26-23)31-22-7-5-6-18(2)14-22/h5-11,14-15,17,19H,4,12-13,16H2,1-3H3/t19-/m0/s1. The summed E-state index contributed by atoms with van der Waals surface area (Å²) in [7, 11) is 0. The average Bonchev–Trinajstić information content (AvgIpc) is 2.79. The third kappa shape index (κ3) is 4.85. The smallest absolute Gasteiger partial charge is 0.254 e. The third-order valence-corrected chi connectivity index (χ3v) is 5.66. The number of nitrogens with zero attached hydrogens (tertiary/aromatic N) is 4. The highest BCUT2D eigenvalue weighted by molar-refractivity contribution is 5.94. The van der Waals surface area contributed by atoms with E-state index < -0.39 is 0 Å². The Morgan fingerprint density at radius 1 is 1.10 bits per heavy atom. The molecule has 6 heteroatoms. The summed E-state index contributed by atoms with van der Waals surface area (Å²) in [6.07, 6.45) is 2.50. The number of aromatic nitrogens is 2. The first-order chi connectivity index (χ1) is 15.0. The molecule has 0 radical (unpaired) electrons. The van der Waals surface area contributed by atoms with E-state index in [0.29, 0.717) is 25.5 Å². The van der Waals surface area contributed by atoms with E-state index in [0.717, 1.165) is 29.1 Å². The number of ether oxygens (including phenoxy) is 1. The Morgan fingerprint density at radius 2 is 1.90 bits per heavy atom. The van der Waals surface area contributed by atoms with Gasteiger partial charge in [-0.05, 0) is 55.7 Å². The van der Waals surface area contributed by atoms with Gasteiger partial charge in [0.2, 0.25) is 5.88 Å². The highest BCUT2D eigenvalue weighted by Gasteiger charge is 2.29. The number of benzene rings is 2. The van der Waals surface area contributed by atoms with E-state index in [1.165, 1.54) is 11.9 Å². The van der Waals surface area contributed by atoms with Crippen molar-refractivity contribution in [3.63, 3.8) is 0 Å². The Hall–Kier alpha value is -3.41. The van der Waals surface area contributed by atoms with Crippen LogP contribution in [0.3, 0.4) is 0 Å². The van der Waals surface area contributed by atoms with Crippen LogP contribution in [-0.4, -0.2) is 46.5 Å². The molecule has 6 nitrogen and oxygen atoms in total. The second kappa shape index (κ2) is 9.16. The van der Waals surface area contributed by atoms with E-state index >= 15 is 0 Å². The largest absolute Gasteiger partial charge is 0.439 e. The minimum atomic E-state index is 0.0724. The van der Waals surface area contributed by atoms with Crippen LogP contribution >= 0.6 is 0 Å². The molecule has 160 valence electrons. The maximum absolute atomic E-state index is 13.0. The number of piperazine rings is 1. The predicted molar refractivity (Wildman–Crippen MR) is 122 cm³/mol. The van der Waals surface area contributed by atoms with Crippen molar-refractivity contribution in [1.82, 2.24) is 14.9 Å². The second-order valence-electron chi connectivity index (χ2n) is 7.98. The van der Waals surface area contributed by atoms with Crippen LogP contribution in [0.2, 0.25) is 0 Å². The molecule has 1 aromatic heterocycles. The summed E-state index contributed by atoms with van der Waals surface area (Å²) in [6.45, 7) is 8.29.